The van der Waals surface area contributed by atoms with E-state index in [1.54, 1.807) is 6.07 Å². The maximum Gasteiger partial charge on any atom is 0.271 e. The maximum absolute atomic E-state index is 13.4. The highest BCUT2D eigenvalue weighted by Crippen LogP contribution is 2.26. The molecule has 108 valence electrons. The lowest BCUT2D eigenvalue weighted by atomic mass is 10.1. The fraction of sp³-hybridized carbons (Fsp3) is 0.0714. The van der Waals surface area contributed by atoms with Gasteiger partial charge in [0.05, 0.1) is 22.1 Å². The second-order valence-electron chi connectivity index (χ2n) is 4.24. The minimum absolute atomic E-state index is 0.118. The predicted molar refractivity (Wildman–Crippen MR) is 76.8 cm³/mol. The molecule has 5 nitrogen and oxygen atoms in total. The molecule has 0 aliphatic carbocycles. The van der Waals surface area contributed by atoms with Crippen molar-refractivity contribution < 1.29 is 14.1 Å². The standard InChI is InChI=1S/C14H10ClFN2O3/c15-11-6-5-10(18(20)21)8-13(11)17-14(19)7-9-3-1-2-4-12(9)16/h1-6,8H,7H2,(H,17,19). The number of non-ortho nitro benzene ring substituents is 1. The first kappa shape index (κ1) is 14.9. The first-order chi connectivity index (χ1) is 9.97. The summed E-state index contributed by atoms with van der Waals surface area (Å²) in [6, 6.07) is 9.59. The molecule has 1 amide bonds. The van der Waals surface area contributed by atoms with Crippen LogP contribution in [-0.4, -0.2) is 10.8 Å². The van der Waals surface area contributed by atoms with Crippen LogP contribution in [0.2, 0.25) is 5.02 Å². The maximum atomic E-state index is 13.4. The molecule has 7 heteroatoms. The lowest BCUT2D eigenvalue weighted by molar-refractivity contribution is -0.384. The molecule has 0 fully saturated rings. The van der Waals surface area contributed by atoms with Gasteiger partial charge >= 0.3 is 0 Å². The zero-order valence-electron chi connectivity index (χ0n) is 10.7. The van der Waals surface area contributed by atoms with Crippen molar-refractivity contribution in [1.82, 2.24) is 0 Å². The topological polar surface area (TPSA) is 72.2 Å². The van der Waals surface area contributed by atoms with Gasteiger partial charge in [-0.1, -0.05) is 29.8 Å². The normalized spacial score (nSPS) is 10.2. The molecule has 0 saturated heterocycles. The number of rotatable bonds is 4. The second-order valence-corrected chi connectivity index (χ2v) is 4.64. The van der Waals surface area contributed by atoms with Gasteiger partial charge in [-0.25, -0.2) is 4.39 Å². The minimum atomic E-state index is -0.594. The number of halogens is 2. The molecule has 0 radical (unpaired) electrons. The number of nitro benzene ring substituents is 1. The van der Waals surface area contributed by atoms with Crippen molar-refractivity contribution in [3.05, 3.63) is 69.0 Å². The number of anilines is 1. The van der Waals surface area contributed by atoms with Crippen LogP contribution in [0.15, 0.2) is 42.5 Å². The molecule has 0 heterocycles. The Balaban J connectivity index is 2.15. The Bertz CT molecular complexity index is 706. The molecular formula is C14H10ClFN2O3. The van der Waals surface area contributed by atoms with Gasteiger partial charge in [-0.15, -0.1) is 0 Å². The first-order valence-electron chi connectivity index (χ1n) is 5.94. The predicted octanol–water partition coefficient (Wildman–Crippen LogP) is 3.57. The van der Waals surface area contributed by atoms with E-state index in [0.717, 1.165) is 6.07 Å². The van der Waals surface area contributed by atoms with E-state index >= 15 is 0 Å². The molecular weight excluding hydrogens is 299 g/mol. The van der Waals surface area contributed by atoms with Crippen LogP contribution in [0, 0.1) is 15.9 Å². The molecule has 0 saturated carbocycles. The highest BCUT2D eigenvalue weighted by Gasteiger charge is 2.13. The van der Waals surface area contributed by atoms with E-state index in [0.29, 0.717) is 0 Å². The van der Waals surface area contributed by atoms with Gasteiger partial charge in [0.2, 0.25) is 5.91 Å². The van der Waals surface area contributed by atoms with Crippen molar-refractivity contribution >= 4 is 28.9 Å². The lowest BCUT2D eigenvalue weighted by Crippen LogP contribution is -2.15. The average Bonchev–Trinajstić information content (AvgIpc) is 2.43. The van der Waals surface area contributed by atoms with Crippen molar-refractivity contribution in [2.75, 3.05) is 5.32 Å². The van der Waals surface area contributed by atoms with Crippen LogP contribution in [0.25, 0.3) is 0 Å². The number of amides is 1. The van der Waals surface area contributed by atoms with Gasteiger partial charge in [0.15, 0.2) is 0 Å². The van der Waals surface area contributed by atoms with Crippen LogP contribution in [0.5, 0.6) is 0 Å². The Kier molecular flexibility index (Phi) is 4.49. The van der Waals surface area contributed by atoms with E-state index in [4.69, 9.17) is 11.6 Å². The summed E-state index contributed by atoms with van der Waals surface area (Å²) in [4.78, 5) is 22.0. The van der Waals surface area contributed by atoms with Crippen molar-refractivity contribution in [1.29, 1.82) is 0 Å². The van der Waals surface area contributed by atoms with E-state index in [-0.39, 0.29) is 28.4 Å². The van der Waals surface area contributed by atoms with Crippen LogP contribution < -0.4 is 5.32 Å². The second kappa shape index (κ2) is 6.32. The fourth-order valence-electron chi connectivity index (χ4n) is 1.73. The van der Waals surface area contributed by atoms with Gasteiger partial charge in [-0.2, -0.15) is 0 Å². The Morgan fingerprint density at radius 1 is 1.29 bits per heavy atom. The molecule has 0 atom stereocenters. The van der Waals surface area contributed by atoms with E-state index in [2.05, 4.69) is 5.32 Å². The SMILES string of the molecule is O=C(Cc1ccccc1F)Nc1cc([N+](=O)[O-])ccc1Cl. The average molecular weight is 309 g/mol. The van der Waals surface area contributed by atoms with E-state index in [9.17, 15) is 19.3 Å². The molecule has 0 unspecified atom stereocenters. The number of hydrogen-bond donors (Lipinski definition) is 1. The Labute approximate surface area is 124 Å². The number of benzene rings is 2. The molecule has 0 aromatic heterocycles. The number of hydrogen-bond acceptors (Lipinski definition) is 3. The number of carbonyl (C=O) groups excluding carboxylic acids is 1. The number of nitro groups is 1. The molecule has 0 spiro atoms. The monoisotopic (exact) mass is 308 g/mol. The fourth-order valence-corrected chi connectivity index (χ4v) is 1.90. The summed E-state index contributed by atoms with van der Waals surface area (Å²) in [5.74, 6) is -1.000. The van der Waals surface area contributed by atoms with Gasteiger partial charge < -0.3 is 5.32 Å². The minimum Gasteiger partial charge on any atom is -0.324 e. The van der Waals surface area contributed by atoms with Gasteiger partial charge in [-0.05, 0) is 17.7 Å². The smallest absolute Gasteiger partial charge is 0.271 e. The van der Waals surface area contributed by atoms with Crippen molar-refractivity contribution in [3.8, 4) is 0 Å². The van der Waals surface area contributed by atoms with E-state index in [1.165, 1.54) is 30.3 Å². The molecule has 0 bridgehead atoms. The lowest BCUT2D eigenvalue weighted by Gasteiger charge is -2.07. The largest absolute Gasteiger partial charge is 0.324 e. The Morgan fingerprint density at radius 2 is 2.00 bits per heavy atom. The summed E-state index contributed by atoms with van der Waals surface area (Å²) in [6.07, 6.45) is -0.189. The van der Waals surface area contributed by atoms with Crippen LogP contribution >= 0.6 is 11.6 Å². The zero-order chi connectivity index (χ0) is 15.4. The number of carbonyl (C=O) groups is 1. The third-order valence-corrected chi connectivity index (χ3v) is 3.07. The van der Waals surface area contributed by atoms with Crippen LogP contribution in [0.4, 0.5) is 15.8 Å². The Hall–Kier alpha value is -2.47. The van der Waals surface area contributed by atoms with Crippen molar-refractivity contribution in [2.24, 2.45) is 0 Å². The third kappa shape index (κ3) is 3.76. The zero-order valence-corrected chi connectivity index (χ0v) is 11.4. The molecule has 1 N–H and O–H groups in total. The third-order valence-electron chi connectivity index (χ3n) is 2.74. The highest BCUT2D eigenvalue weighted by molar-refractivity contribution is 6.33. The van der Waals surface area contributed by atoms with Gasteiger partial charge in [0.1, 0.15) is 5.82 Å². The number of nitrogens with zero attached hydrogens (tertiary/aromatic N) is 1. The summed E-state index contributed by atoms with van der Waals surface area (Å²) in [6.45, 7) is 0. The van der Waals surface area contributed by atoms with Crippen LogP contribution in [0.1, 0.15) is 5.56 Å². The Morgan fingerprint density at radius 3 is 2.67 bits per heavy atom. The summed E-state index contributed by atoms with van der Waals surface area (Å²) in [5.41, 5.74) is 0.157. The van der Waals surface area contributed by atoms with Gasteiger partial charge in [0.25, 0.3) is 5.69 Å². The van der Waals surface area contributed by atoms with Crippen molar-refractivity contribution in [3.63, 3.8) is 0 Å². The van der Waals surface area contributed by atoms with Gasteiger partial charge in [0, 0.05) is 12.1 Å². The molecule has 21 heavy (non-hydrogen) atoms. The molecule has 2 aromatic carbocycles. The summed E-state index contributed by atoms with van der Waals surface area (Å²) in [5, 5.41) is 13.3. The summed E-state index contributed by atoms with van der Waals surface area (Å²) in [7, 11) is 0. The van der Waals surface area contributed by atoms with E-state index in [1.807, 2.05) is 0 Å². The molecule has 0 aliphatic heterocycles. The summed E-state index contributed by atoms with van der Waals surface area (Å²) < 4.78 is 13.4. The number of nitrogens with one attached hydrogen (secondary N) is 1. The molecule has 2 rings (SSSR count). The van der Waals surface area contributed by atoms with E-state index < -0.39 is 16.6 Å². The van der Waals surface area contributed by atoms with Crippen LogP contribution in [0.3, 0.4) is 0 Å². The molecule has 2 aromatic rings. The molecule has 0 aliphatic rings. The quantitative estimate of drug-likeness (QED) is 0.693. The summed E-state index contributed by atoms with van der Waals surface area (Å²) >= 11 is 5.87. The highest BCUT2D eigenvalue weighted by atomic mass is 35.5. The van der Waals surface area contributed by atoms with Crippen LogP contribution in [-0.2, 0) is 11.2 Å². The van der Waals surface area contributed by atoms with Crippen molar-refractivity contribution in [2.45, 2.75) is 6.42 Å². The van der Waals surface area contributed by atoms with Gasteiger partial charge in [-0.3, -0.25) is 14.9 Å². The first-order valence-corrected chi connectivity index (χ1v) is 6.32.